The van der Waals surface area contributed by atoms with Crippen molar-refractivity contribution in [2.24, 2.45) is 5.92 Å². The molecule has 1 amide bonds. The maximum Gasteiger partial charge on any atom is 0.227 e. The number of anilines is 2. The van der Waals surface area contributed by atoms with Gasteiger partial charge in [-0.3, -0.25) is 4.79 Å². The van der Waals surface area contributed by atoms with Crippen LogP contribution < -0.4 is 11.1 Å². The van der Waals surface area contributed by atoms with E-state index in [0.29, 0.717) is 5.69 Å². The minimum absolute atomic E-state index is 0.0844. The number of carbonyl (C=O) groups is 1. The van der Waals surface area contributed by atoms with Gasteiger partial charge >= 0.3 is 0 Å². The monoisotopic (exact) mass is 332 g/mol. The third-order valence-electron chi connectivity index (χ3n) is 2.26. The van der Waals surface area contributed by atoms with Gasteiger partial charge in [-0.05, 0) is 56.8 Å². The van der Waals surface area contributed by atoms with E-state index in [-0.39, 0.29) is 11.8 Å². The molecule has 0 atom stereocenters. The van der Waals surface area contributed by atoms with Gasteiger partial charge in [0.2, 0.25) is 5.91 Å². The largest absolute Gasteiger partial charge is 0.399 e. The molecule has 1 fully saturated rings. The molecule has 2 rings (SSSR count). The summed E-state index contributed by atoms with van der Waals surface area (Å²) in [6.07, 6.45) is 1.99. The number of carbonyl (C=O) groups excluding carboxylic acids is 1. The van der Waals surface area contributed by atoms with E-state index < -0.39 is 0 Å². The average molecular weight is 334 g/mol. The molecule has 0 radical (unpaired) electrons. The lowest BCUT2D eigenvalue weighted by atomic mass is 10.2. The summed E-state index contributed by atoms with van der Waals surface area (Å²) in [5.41, 5.74) is 7.06. The van der Waals surface area contributed by atoms with Gasteiger partial charge in [-0.1, -0.05) is 0 Å². The second-order valence-electron chi connectivity index (χ2n) is 3.62. The zero-order chi connectivity index (χ0) is 11.0. The van der Waals surface area contributed by atoms with Crippen molar-refractivity contribution in [1.82, 2.24) is 0 Å². The molecule has 0 heterocycles. The molecular weight excluding hydrogens is 324 g/mol. The van der Waals surface area contributed by atoms with Gasteiger partial charge in [-0.25, -0.2) is 0 Å². The summed E-state index contributed by atoms with van der Waals surface area (Å²) >= 11 is 6.74. The average Bonchev–Trinajstić information content (AvgIpc) is 2.93. The van der Waals surface area contributed by atoms with E-state index in [1.807, 2.05) is 0 Å². The van der Waals surface area contributed by atoms with Crippen LogP contribution in [0.3, 0.4) is 0 Å². The number of rotatable bonds is 2. The fourth-order valence-electron chi connectivity index (χ4n) is 1.28. The molecule has 1 saturated carbocycles. The Kier molecular flexibility index (Phi) is 3.02. The van der Waals surface area contributed by atoms with Crippen molar-refractivity contribution in [2.45, 2.75) is 12.8 Å². The minimum atomic E-state index is 0.0844. The fourth-order valence-corrected chi connectivity index (χ4v) is 2.70. The highest BCUT2D eigenvalue weighted by molar-refractivity contribution is 9.11. The van der Waals surface area contributed by atoms with Gasteiger partial charge in [-0.15, -0.1) is 0 Å². The first-order chi connectivity index (χ1) is 7.08. The Morgan fingerprint density at radius 1 is 1.33 bits per heavy atom. The summed E-state index contributed by atoms with van der Waals surface area (Å²) in [6.45, 7) is 0. The Bertz CT molecular complexity index is 393. The smallest absolute Gasteiger partial charge is 0.227 e. The molecule has 0 aromatic heterocycles. The Hall–Kier alpha value is -0.550. The van der Waals surface area contributed by atoms with Crippen molar-refractivity contribution < 1.29 is 4.79 Å². The fraction of sp³-hybridized carbons (Fsp3) is 0.300. The van der Waals surface area contributed by atoms with Crippen LogP contribution in [0, 0.1) is 5.92 Å². The Labute approximate surface area is 105 Å². The molecule has 0 spiro atoms. The van der Waals surface area contributed by atoms with Crippen LogP contribution in [0.25, 0.3) is 0 Å². The third kappa shape index (κ3) is 2.52. The van der Waals surface area contributed by atoms with Crippen LogP contribution in [-0.4, -0.2) is 5.91 Å². The predicted molar refractivity (Wildman–Crippen MR) is 67.6 cm³/mol. The Balaban J connectivity index is 2.23. The van der Waals surface area contributed by atoms with E-state index in [4.69, 9.17) is 5.73 Å². The normalized spacial score (nSPS) is 15.1. The highest BCUT2D eigenvalue weighted by Crippen LogP contribution is 2.36. The van der Waals surface area contributed by atoms with Crippen molar-refractivity contribution >= 4 is 49.1 Å². The van der Waals surface area contributed by atoms with Gasteiger partial charge in [0.1, 0.15) is 0 Å². The highest BCUT2D eigenvalue weighted by Gasteiger charge is 2.30. The van der Waals surface area contributed by atoms with E-state index in [1.165, 1.54) is 0 Å². The third-order valence-corrected chi connectivity index (χ3v) is 3.51. The summed E-state index contributed by atoms with van der Waals surface area (Å²) in [5.74, 6) is 0.280. The summed E-state index contributed by atoms with van der Waals surface area (Å²) in [5, 5.41) is 2.88. The highest BCUT2D eigenvalue weighted by atomic mass is 79.9. The van der Waals surface area contributed by atoms with Gasteiger partial charge in [0.25, 0.3) is 0 Å². The molecular formula is C10H10Br2N2O. The molecule has 3 nitrogen and oxygen atoms in total. The predicted octanol–water partition coefficient (Wildman–Crippen LogP) is 3.14. The van der Waals surface area contributed by atoms with Crippen LogP contribution in [0.5, 0.6) is 0 Å². The van der Waals surface area contributed by atoms with E-state index in [0.717, 1.165) is 27.5 Å². The summed E-state index contributed by atoms with van der Waals surface area (Å²) in [7, 11) is 0. The van der Waals surface area contributed by atoms with Crippen LogP contribution in [0.2, 0.25) is 0 Å². The van der Waals surface area contributed by atoms with Gasteiger partial charge in [-0.2, -0.15) is 0 Å². The molecule has 0 bridgehead atoms. The second-order valence-corrected chi connectivity index (χ2v) is 5.33. The first kappa shape index (κ1) is 11.0. The van der Waals surface area contributed by atoms with Crippen molar-refractivity contribution in [2.75, 3.05) is 11.1 Å². The van der Waals surface area contributed by atoms with Crippen molar-refractivity contribution in [3.05, 3.63) is 21.1 Å². The first-order valence-electron chi connectivity index (χ1n) is 4.63. The van der Waals surface area contributed by atoms with Crippen LogP contribution in [0.1, 0.15) is 12.8 Å². The molecule has 0 aliphatic heterocycles. The number of benzene rings is 1. The van der Waals surface area contributed by atoms with Gasteiger partial charge in [0, 0.05) is 20.6 Å². The quantitative estimate of drug-likeness (QED) is 0.817. The second kappa shape index (κ2) is 4.14. The molecule has 1 aromatic rings. The lowest BCUT2D eigenvalue weighted by molar-refractivity contribution is -0.117. The van der Waals surface area contributed by atoms with Crippen LogP contribution in [0.4, 0.5) is 11.4 Å². The van der Waals surface area contributed by atoms with Gasteiger partial charge in [0.15, 0.2) is 0 Å². The van der Waals surface area contributed by atoms with Gasteiger partial charge < -0.3 is 11.1 Å². The number of hydrogen-bond acceptors (Lipinski definition) is 2. The van der Waals surface area contributed by atoms with Crippen LogP contribution in [0.15, 0.2) is 21.1 Å². The van der Waals surface area contributed by atoms with E-state index in [9.17, 15) is 4.79 Å². The lowest BCUT2D eigenvalue weighted by Gasteiger charge is -2.10. The number of amides is 1. The summed E-state index contributed by atoms with van der Waals surface area (Å²) in [6, 6.07) is 3.54. The lowest BCUT2D eigenvalue weighted by Crippen LogP contribution is -2.14. The van der Waals surface area contributed by atoms with Crippen molar-refractivity contribution in [3.63, 3.8) is 0 Å². The van der Waals surface area contributed by atoms with E-state index >= 15 is 0 Å². The molecule has 1 aliphatic carbocycles. The number of hydrogen-bond donors (Lipinski definition) is 2. The van der Waals surface area contributed by atoms with E-state index in [2.05, 4.69) is 37.2 Å². The summed E-state index contributed by atoms with van der Waals surface area (Å²) < 4.78 is 1.59. The number of nitrogens with two attached hydrogens (primary N) is 1. The Morgan fingerprint density at radius 3 is 2.33 bits per heavy atom. The molecule has 0 unspecified atom stereocenters. The van der Waals surface area contributed by atoms with Crippen LogP contribution in [-0.2, 0) is 4.79 Å². The SMILES string of the molecule is Nc1cc(Br)c(NC(=O)C2CC2)c(Br)c1. The molecule has 1 aliphatic rings. The topological polar surface area (TPSA) is 55.1 Å². The molecule has 1 aromatic carbocycles. The zero-order valence-electron chi connectivity index (χ0n) is 7.89. The molecule has 80 valence electrons. The number of nitrogen functional groups attached to an aromatic ring is 1. The van der Waals surface area contributed by atoms with Crippen molar-refractivity contribution in [3.8, 4) is 0 Å². The van der Waals surface area contributed by atoms with E-state index in [1.54, 1.807) is 12.1 Å². The molecule has 3 N–H and O–H groups in total. The molecule has 5 heteroatoms. The molecule has 0 saturated heterocycles. The van der Waals surface area contributed by atoms with Crippen molar-refractivity contribution in [1.29, 1.82) is 0 Å². The number of halogens is 2. The standard InChI is InChI=1S/C10H10Br2N2O/c11-7-3-6(13)4-8(12)9(7)14-10(15)5-1-2-5/h3-5H,1-2,13H2,(H,14,15). The Morgan fingerprint density at radius 2 is 1.87 bits per heavy atom. The molecule has 15 heavy (non-hydrogen) atoms. The summed E-state index contributed by atoms with van der Waals surface area (Å²) in [4.78, 5) is 11.6. The zero-order valence-corrected chi connectivity index (χ0v) is 11.1. The maximum atomic E-state index is 11.6. The number of nitrogens with one attached hydrogen (secondary N) is 1. The van der Waals surface area contributed by atoms with Gasteiger partial charge in [0.05, 0.1) is 5.69 Å². The minimum Gasteiger partial charge on any atom is -0.399 e. The van der Waals surface area contributed by atoms with Crippen LogP contribution >= 0.6 is 31.9 Å². The maximum absolute atomic E-state index is 11.6. The first-order valence-corrected chi connectivity index (χ1v) is 6.22.